The maximum atomic E-state index is 13.5. The quantitative estimate of drug-likeness (QED) is 0.855. The number of benzene rings is 1. The highest BCUT2D eigenvalue weighted by atomic mass is 19.1. The smallest absolute Gasteiger partial charge is 0.226 e. The number of rotatable bonds is 6. The number of hydrogen-bond acceptors (Lipinski definition) is 3. The van der Waals surface area contributed by atoms with Gasteiger partial charge in [0.25, 0.3) is 0 Å². The molecule has 5 heteroatoms. The summed E-state index contributed by atoms with van der Waals surface area (Å²) < 4.78 is 18.4. The summed E-state index contributed by atoms with van der Waals surface area (Å²) in [6.07, 6.45) is 0.705. The zero-order valence-electron chi connectivity index (χ0n) is 11.6. The van der Waals surface area contributed by atoms with Gasteiger partial charge >= 0.3 is 0 Å². The average molecular weight is 268 g/mol. The van der Waals surface area contributed by atoms with Crippen LogP contribution in [0.3, 0.4) is 0 Å². The molecule has 0 aromatic heterocycles. The molecular weight excluding hydrogens is 247 g/mol. The first kappa shape index (κ1) is 15.4. The minimum absolute atomic E-state index is 0.0128. The molecule has 0 heterocycles. The van der Waals surface area contributed by atoms with Crippen molar-refractivity contribution in [3.05, 3.63) is 29.6 Å². The number of nitrogens with two attached hydrogens (primary N) is 1. The Balaban J connectivity index is 2.74. The lowest BCUT2D eigenvalue weighted by Crippen LogP contribution is -2.35. The summed E-state index contributed by atoms with van der Waals surface area (Å²) in [5, 5.41) is 0. The van der Waals surface area contributed by atoms with Crippen LogP contribution in [0.4, 0.5) is 4.39 Å². The molecule has 1 aromatic carbocycles. The van der Waals surface area contributed by atoms with E-state index in [-0.39, 0.29) is 17.6 Å². The van der Waals surface area contributed by atoms with E-state index >= 15 is 0 Å². The third-order valence-electron chi connectivity index (χ3n) is 3.14. The molecule has 1 rings (SSSR count). The van der Waals surface area contributed by atoms with Crippen LogP contribution in [0.2, 0.25) is 0 Å². The maximum Gasteiger partial charge on any atom is 0.226 e. The zero-order chi connectivity index (χ0) is 14.4. The van der Waals surface area contributed by atoms with Crippen molar-refractivity contribution in [1.29, 1.82) is 0 Å². The van der Waals surface area contributed by atoms with Gasteiger partial charge in [0, 0.05) is 20.1 Å². The van der Waals surface area contributed by atoms with E-state index in [9.17, 15) is 9.18 Å². The molecule has 2 N–H and O–H groups in total. The number of carbonyl (C=O) groups is 1. The molecular formula is C14H21FN2O2. The van der Waals surface area contributed by atoms with Crippen LogP contribution in [0.5, 0.6) is 5.75 Å². The van der Waals surface area contributed by atoms with E-state index < -0.39 is 5.82 Å². The number of ether oxygens (including phenoxy) is 1. The lowest BCUT2D eigenvalue weighted by Gasteiger charge is -2.22. The van der Waals surface area contributed by atoms with E-state index in [0.717, 1.165) is 5.56 Å². The molecule has 0 radical (unpaired) electrons. The number of halogens is 1. The molecule has 106 valence electrons. The molecule has 1 atom stereocenters. The Labute approximate surface area is 113 Å². The average Bonchev–Trinajstić information content (AvgIpc) is 2.40. The van der Waals surface area contributed by atoms with Gasteiger partial charge in [-0.15, -0.1) is 0 Å². The lowest BCUT2D eigenvalue weighted by molar-refractivity contribution is -0.134. The number of carbonyl (C=O) groups excluding carboxylic acids is 1. The van der Waals surface area contributed by atoms with Crippen molar-refractivity contribution in [2.45, 2.75) is 19.9 Å². The molecule has 0 spiro atoms. The van der Waals surface area contributed by atoms with Crippen molar-refractivity contribution in [3.8, 4) is 5.75 Å². The van der Waals surface area contributed by atoms with Gasteiger partial charge in [-0.3, -0.25) is 4.79 Å². The van der Waals surface area contributed by atoms with Crippen molar-refractivity contribution in [3.63, 3.8) is 0 Å². The van der Waals surface area contributed by atoms with Gasteiger partial charge in [-0.05, 0) is 24.1 Å². The van der Waals surface area contributed by atoms with Crippen molar-refractivity contribution in [2.75, 3.05) is 20.7 Å². The predicted octanol–water partition coefficient (Wildman–Crippen LogP) is 1.78. The van der Waals surface area contributed by atoms with Crippen LogP contribution in [0.25, 0.3) is 0 Å². The van der Waals surface area contributed by atoms with Gasteiger partial charge in [0.1, 0.15) is 0 Å². The monoisotopic (exact) mass is 268 g/mol. The molecule has 0 aliphatic rings. The number of methoxy groups -OCH3 is 1. The Bertz CT molecular complexity index is 433. The molecule has 1 aromatic rings. The summed E-state index contributed by atoms with van der Waals surface area (Å²) in [5.41, 5.74) is 6.28. The van der Waals surface area contributed by atoms with Crippen LogP contribution in [-0.4, -0.2) is 31.5 Å². The van der Waals surface area contributed by atoms with Crippen LogP contribution in [-0.2, 0) is 11.3 Å². The highest BCUT2D eigenvalue weighted by Crippen LogP contribution is 2.19. The standard InChI is InChI=1S/C14H21FN2O2/c1-4-11(8-16)14(18)17(2)9-10-5-6-13(19-3)12(15)7-10/h5-7,11H,4,8-9,16H2,1-3H3. The van der Waals surface area contributed by atoms with E-state index in [4.69, 9.17) is 10.5 Å². The van der Waals surface area contributed by atoms with Crippen LogP contribution in [0.15, 0.2) is 18.2 Å². The van der Waals surface area contributed by atoms with E-state index in [1.165, 1.54) is 13.2 Å². The number of nitrogens with zero attached hydrogens (tertiary/aromatic N) is 1. The fourth-order valence-electron chi connectivity index (χ4n) is 1.91. The van der Waals surface area contributed by atoms with Gasteiger partial charge in [0.15, 0.2) is 11.6 Å². The van der Waals surface area contributed by atoms with E-state index in [2.05, 4.69) is 0 Å². The Hall–Kier alpha value is -1.62. The van der Waals surface area contributed by atoms with Crippen LogP contribution >= 0.6 is 0 Å². The summed E-state index contributed by atoms with van der Waals surface area (Å²) in [7, 11) is 3.11. The second kappa shape index (κ2) is 7.09. The third-order valence-corrected chi connectivity index (χ3v) is 3.14. The highest BCUT2D eigenvalue weighted by molar-refractivity contribution is 5.78. The molecule has 0 aliphatic heterocycles. The van der Waals surface area contributed by atoms with Crippen molar-refractivity contribution in [1.82, 2.24) is 4.90 Å². The highest BCUT2D eigenvalue weighted by Gasteiger charge is 2.19. The largest absolute Gasteiger partial charge is 0.494 e. The first-order chi connectivity index (χ1) is 9.03. The topological polar surface area (TPSA) is 55.6 Å². The van der Waals surface area contributed by atoms with Crippen LogP contribution in [0.1, 0.15) is 18.9 Å². The molecule has 4 nitrogen and oxygen atoms in total. The van der Waals surface area contributed by atoms with Crippen LogP contribution < -0.4 is 10.5 Å². The van der Waals surface area contributed by atoms with Crippen molar-refractivity contribution >= 4 is 5.91 Å². The first-order valence-corrected chi connectivity index (χ1v) is 6.30. The van der Waals surface area contributed by atoms with Crippen LogP contribution in [0, 0.1) is 11.7 Å². The first-order valence-electron chi connectivity index (χ1n) is 6.30. The summed E-state index contributed by atoms with van der Waals surface area (Å²) in [6.45, 7) is 2.61. The van der Waals surface area contributed by atoms with Gasteiger partial charge in [-0.2, -0.15) is 0 Å². The summed E-state index contributed by atoms with van der Waals surface area (Å²) in [4.78, 5) is 13.6. The van der Waals surface area contributed by atoms with Crippen molar-refractivity contribution < 1.29 is 13.9 Å². The molecule has 0 bridgehead atoms. The molecule has 0 fully saturated rings. The van der Waals surface area contributed by atoms with Gasteiger partial charge in [-0.25, -0.2) is 4.39 Å². The maximum absolute atomic E-state index is 13.5. The van der Waals surface area contributed by atoms with Gasteiger partial charge in [0.2, 0.25) is 5.91 Å². The van der Waals surface area contributed by atoms with Gasteiger partial charge in [0.05, 0.1) is 13.0 Å². The second-order valence-corrected chi connectivity index (χ2v) is 4.50. The molecule has 0 saturated carbocycles. The fourth-order valence-corrected chi connectivity index (χ4v) is 1.91. The molecule has 0 saturated heterocycles. The minimum Gasteiger partial charge on any atom is -0.494 e. The third kappa shape index (κ3) is 3.92. The Kier molecular flexibility index (Phi) is 5.76. The minimum atomic E-state index is -0.424. The van der Waals surface area contributed by atoms with Crippen molar-refractivity contribution in [2.24, 2.45) is 11.7 Å². The van der Waals surface area contributed by atoms with Gasteiger partial charge < -0.3 is 15.4 Å². The zero-order valence-corrected chi connectivity index (χ0v) is 11.6. The summed E-state index contributed by atoms with van der Waals surface area (Å²) in [6, 6.07) is 4.68. The molecule has 19 heavy (non-hydrogen) atoms. The SMILES string of the molecule is CCC(CN)C(=O)N(C)Cc1ccc(OC)c(F)c1. The number of hydrogen-bond donors (Lipinski definition) is 1. The fraction of sp³-hybridized carbons (Fsp3) is 0.500. The number of amides is 1. The summed E-state index contributed by atoms with van der Waals surface area (Å²) in [5.74, 6) is -0.410. The second-order valence-electron chi connectivity index (χ2n) is 4.50. The lowest BCUT2D eigenvalue weighted by atomic mass is 10.1. The van der Waals surface area contributed by atoms with E-state index in [1.807, 2.05) is 6.92 Å². The predicted molar refractivity (Wildman–Crippen MR) is 72.3 cm³/mol. The van der Waals surface area contributed by atoms with E-state index in [1.54, 1.807) is 24.1 Å². The molecule has 1 amide bonds. The normalized spacial score (nSPS) is 12.1. The Morgan fingerprint density at radius 1 is 1.53 bits per heavy atom. The molecule has 0 aliphatic carbocycles. The van der Waals surface area contributed by atoms with E-state index in [0.29, 0.717) is 19.5 Å². The Morgan fingerprint density at radius 3 is 2.68 bits per heavy atom. The van der Waals surface area contributed by atoms with Gasteiger partial charge in [-0.1, -0.05) is 13.0 Å². The molecule has 1 unspecified atom stereocenters. The Morgan fingerprint density at radius 2 is 2.21 bits per heavy atom. The summed E-state index contributed by atoms with van der Waals surface area (Å²) >= 11 is 0.